The van der Waals surface area contributed by atoms with Gasteiger partial charge in [0, 0.05) is 30.6 Å². The number of aryl methyl sites for hydroxylation is 2. The van der Waals surface area contributed by atoms with Crippen LogP contribution in [0.15, 0.2) is 42.5 Å². The number of nitrogens with zero attached hydrogens (tertiary/aromatic N) is 2. The summed E-state index contributed by atoms with van der Waals surface area (Å²) in [6.45, 7) is 6.20. The normalized spacial score (nSPS) is 14.8. The average molecular weight is 562 g/mol. The van der Waals surface area contributed by atoms with Crippen LogP contribution in [0.4, 0.5) is 5.69 Å². The molecule has 0 aromatic heterocycles. The van der Waals surface area contributed by atoms with E-state index in [-0.39, 0.29) is 30.8 Å². The van der Waals surface area contributed by atoms with Gasteiger partial charge in [0.1, 0.15) is 6.04 Å². The number of nitrogens with one attached hydrogen (secondary N) is 1. The van der Waals surface area contributed by atoms with Gasteiger partial charge in [-0.05, 0) is 68.4 Å². The van der Waals surface area contributed by atoms with Crippen LogP contribution in [0, 0.1) is 13.8 Å². The zero-order chi connectivity index (χ0) is 27.9. The van der Waals surface area contributed by atoms with E-state index in [0.717, 1.165) is 48.6 Å². The maximum atomic E-state index is 13.6. The molecular weight excluding hydrogens is 522 g/mol. The molecule has 0 saturated heterocycles. The Morgan fingerprint density at radius 2 is 1.76 bits per heavy atom. The monoisotopic (exact) mass is 561 g/mol. The molecule has 9 heteroatoms. The Kier molecular flexibility index (Phi) is 10.6. The number of hydrogen-bond acceptors (Lipinski definition) is 4. The van der Waals surface area contributed by atoms with E-state index in [0.29, 0.717) is 30.1 Å². The molecule has 38 heavy (non-hydrogen) atoms. The van der Waals surface area contributed by atoms with Gasteiger partial charge in [-0.25, -0.2) is 8.42 Å². The predicted molar refractivity (Wildman–Crippen MR) is 154 cm³/mol. The highest BCUT2D eigenvalue weighted by Gasteiger charge is 2.31. The molecule has 1 N–H and O–H groups in total. The van der Waals surface area contributed by atoms with Gasteiger partial charge >= 0.3 is 0 Å². The van der Waals surface area contributed by atoms with Crippen LogP contribution >= 0.6 is 11.6 Å². The van der Waals surface area contributed by atoms with Gasteiger partial charge in [-0.2, -0.15) is 0 Å². The van der Waals surface area contributed by atoms with E-state index in [4.69, 9.17) is 11.6 Å². The number of halogens is 1. The Labute approximate surface area is 232 Å². The second-order valence-electron chi connectivity index (χ2n) is 10.2. The molecule has 2 aromatic carbocycles. The first-order valence-corrected chi connectivity index (χ1v) is 15.6. The predicted octanol–water partition coefficient (Wildman–Crippen LogP) is 5.37. The van der Waals surface area contributed by atoms with Gasteiger partial charge in [0.15, 0.2) is 0 Å². The molecule has 7 nitrogen and oxygen atoms in total. The molecule has 0 aliphatic heterocycles. The van der Waals surface area contributed by atoms with Crippen LogP contribution in [-0.4, -0.2) is 50.0 Å². The maximum Gasteiger partial charge on any atom is 0.243 e. The van der Waals surface area contributed by atoms with Crippen molar-refractivity contribution in [3.63, 3.8) is 0 Å². The van der Waals surface area contributed by atoms with Crippen molar-refractivity contribution < 1.29 is 18.0 Å². The van der Waals surface area contributed by atoms with Crippen molar-refractivity contribution in [2.45, 2.75) is 84.3 Å². The van der Waals surface area contributed by atoms with Crippen molar-refractivity contribution >= 4 is 39.1 Å². The Morgan fingerprint density at radius 1 is 1.08 bits per heavy atom. The lowest BCUT2D eigenvalue weighted by atomic mass is 10.0. The topological polar surface area (TPSA) is 86.8 Å². The second-order valence-corrected chi connectivity index (χ2v) is 12.6. The van der Waals surface area contributed by atoms with Crippen LogP contribution in [0.1, 0.15) is 68.6 Å². The van der Waals surface area contributed by atoms with Gasteiger partial charge in [0.25, 0.3) is 0 Å². The highest BCUT2D eigenvalue weighted by molar-refractivity contribution is 7.92. The van der Waals surface area contributed by atoms with Crippen molar-refractivity contribution in [3.8, 4) is 0 Å². The van der Waals surface area contributed by atoms with E-state index in [1.807, 2.05) is 45.0 Å². The molecule has 1 saturated carbocycles. The largest absolute Gasteiger partial charge is 0.352 e. The minimum atomic E-state index is -3.59. The molecule has 3 rings (SSSR count). The summed E-state index contributed by atoms with van der Waals surface area (Å²) in [5.41, 5.74) is 3.32. The molecule has 0 heterocycles. The van der Waals surface area contributed by atoms with Crippen molar-refractivity contribution in [2.24, 2.45) is 0 Å². The minimum absolute atomic E-state index is 0.116. The molecule has 0 unspecified atom stereocenters. The number of rotatable bonds is 12. The molecule has 0 bridgehead atoms. The van der Waals surface area contributed by atoms with Crippen LogP contribution in [0.3, 0.4) is 0 Å². The van der Waals surface area contributed by atoms with Gasteiger partial charge in [0.2, 0.25) is 21.8 Å². The molecule has 1 fully saturated rings. The molecule has 208 valence electrons. The lowest BCUT2D eigenvalue weighted by Crippen LogP contribution is -2.51. The molecular formula is C29H40ClN3O4S. The maximum absolute atomic E-state index is 13.6. The fraction of sp³-hybridized carbons (Fsp3) is 0.517. The Bertz CT molecular complexity index is 1230. The Hall–Kier alpha value is -2.58. The van der Waals surface area contributed by atoms with E-state index in [1.165, 1.54) is 4.31 Å². The van der Waals surface area contributed by atoms with Gasteiger partial charge in [-0.15, -0.1) is 0 Å². The Balaban J connectivity index is 1.79. The van der Waals surface area contributed by atoms with E-state index in [2.05, 4.69) is 5.32 Å². The quantitative estimate of drug-likeness (QED) is 0.377. The van der Waals surface area contributed by atoms with Crippen molar-refractivity contribution in [1.29, 1.82) is 0 Å². The van der Waals surface area contributed by atoms with E-state index in [1.54, 1.807) is 23.1 Å². The van der Waals surface area contributed by atoms with E-state index < -0.39 is 16.1 Å². The molecule has 1 aliphatic rings. The standard InChI is InChI=1S/C29H40ClN3O4S/c1-5-26(29(35)31-25-13-8-9-14-25)32(20-23-12-7-6-11-21(23)2)28(34)15-10-18-33(38(4,36)37)27-19-24(30)17-16-22(27)3/h6-7,11-12,16-17,19,25-26H,5,8-10,13-15,18,20H2,1-4H3,(H,31,35)/t26-/m1/s1. The fourth-order valence-electron chi connectivity index (χ4n) is 5.09. The highest BCUT2D eigenvalue weighted by atomic mass is 35.5. The summed E-state index contributed by atoms with van der Waals surface area (Å²) >= 11 is 6.15. The summed E-state index contributed by atoms with van der Waals surface area (Å²) in [5, 5.41) is 3.60. The SMILES string of the molecule is CC[C@H](C(=O)NC1CCCC1)N(Cc1ccccc1C)C(=O)CCCN(c1cc(Cl)ccc1C)S(C)(=O)=O. The third-order valence-electron chi connectivity index (χ3n) is 7.28. The van der Waals surface area contributed by atoms with E-state index in [9.17, 15) is 18.0 Å². The zero-order valence-electron chi connectivity index (χ0n) is 22.9. The number of benzene rings is 2. The molecule has 1 aliphatic carbocycles. The number of carbonyl (C=O) groups is 2. The van der Waals surface area contributed by atoms with Gasteiger partial charge in [0.05, 0.1) is 11.9 Å². The summed E-state index contributed by atoms with van der Waals surface area (Å²) in [6, 6.07) is 12.5. The first kappa shape index (κ1) is 30.0. The van der Waals surface area contributed by atoms with Crippen LogP contribution in [-0.2, 0) is 26.2 Å². The Morgan fingerprint density at radius 3 is 2.39 bits per heavy atom. The summed E-state index contributed by atoms with van der Waals surface area (Å²) in [6.07, 6.45) is 6.23. The smallest absolute Gasteiger partial charge is 0.243 e. The van der Waals surface area contributed by atoms with Crippen LogP contribution in [0.2, 0.25) is 5.02 Å². The number of hydrogen-bond donors (Lipinski definition) is 1. The fourth-order valence-corrected chi connectivity index (χ4v) is 6.27. The molecule has 2 amide bonds. The summed E-state index contributed by atoms with van der Waals surface area (Å²) in [5.74, 6) is -0.286. The summed E-state index contributed by atoms with van der Waals surface area (Å²) in [4.78, 5) is 28.6. The third kappa shape index (κ3) is 7.96. The molecule has 0 radical (unpaired) electrons. The van der Waals surface area contributed by atoms with E-state index >= 15 is 0 Å². The number of anilines is 1. The van der Waals surface area contributed by atoms with Gasteiger partial charge in [-0.1, -0.05) is 61.7 Å². The van der Waals surface area contributed by atoms with Gasteiger partial charge in [-0.3, -0.25) is 13.9 Å². The van der Waals surface area contributed by atoms with Crippen molar-refractivity contribution in [1.82, 2.24) is 10.2 Å². The third-order valence-corrected chi connectivity index (χ3v) is 8.70. The minimum Gasteiger partial charge on any atom is -0.352 e. The van der Waals surface area contributed by atoms with Crippen LogP contribution in [0.5, 0.6) is 0 Å². The highest BCUT2D eigenvalue weighted by Crippen LogP contribution is 2.27. The molecule has 2 aromatic rings. The number of sulfonamides is 1. The summed E-state index contributed by atoms with van der Waals surface area (Å²) in [7, 11) is -3.59. The molecule has 0 spiro atoms. The first-order chi connectivity index (χ1) is 18.0. The number of amides is 2. The van der Waals surface area contributed by atoms with Crippen molar-refractivity contribution in [2.75, 3.05) is 17.1 Å². The average Bonchev–Trinajstić information content (AvgIpc) is 3.36. The van der Waals surface area contributed by atoms with Crippen LogP contribution in [0.25, 0.3) is 0 Å². The zero-order valence-corrected chi connectivity index (χ0v) is 24.4. The summed E-state index contributed by atoms with van der Waals surface area (Å²) < 4.78 is 26.6. The van der Waals surface area contributed by atoms with Crippen molar-refractivity contribution in [3.05, 3.63) is 64.2 Å². The lowest BCUT2D eigenvalue weighted by Gasteiger charge is -2.32. The number of carbonyl (C=O) groups excluding carboxylic acids is 2. The molecule has 1 atom stereocenters. The first-order valence-electron chi connectivity index (χ1n) is 13.4. The second kappa shape index (κ2) is 13.5. The van der Waals surface area contributed by atoms with Crippen LogP contribution < -0.4 is 9.62 Å². The van der Waals surface area contributed by atoms with Gasteiger partial charge < -0.3 is 10.2 Å². The lowest BCUT2D eigenvalue weighted by molar-refractivity contribution is -0.141.